The second-order valence-electron chi connectivity index (χ2n) is 7.61. The first-order valence-corrected chi connectivity index (χ1v) is 12.5. The van der Waals surface area contributed by atoms with Crippen molar-refractivity contribution >= 4 is 69.8 Å². The molecular formula is C24H22Cl3NO6S. The molecule has 186 valence electrons. The normalized spacial score (nSPS) is 14.7. The molecular weight excluding hydrogens is 537 g/mol. The maximum absolute atomic E-state index is 12.7. The Bertz CT molecular complexity index is 1180. The number of nitrogens with zero attached hydrogens (tertiary/aromatic N) is 1. The van der Waals surface area contributed by atoms with Crippen molar-refractivity contribution in [2.24, 2.45) is 0 Å². The summed E-state index contributed by atoms with van der Waals surface area (Å²) in [6.45, 7) is 5.24. The van der Waals surface area contributed by atoms with E-state index in [0.717, 1.165) is 22.2 Å². The third-order valence-corrected chi connectivity index (χ3v) is 6.45. The van der Waals surface area contributed by atoms with E-state index >= 15 is 0 Å². The van der Waals surface area contributed by atoms with Gasteiger partial charge in [0.1, 0.15) is 13.2 Å². The van der Waals surface area contributed by atoms with E-state index in [0.29, 0.717) is 33.7 Å². The molecule has 0 bridgehead atoms. The van der Waals surface area contributed by atoms with Crippen molar-refractivity contribution in [2.75, 3.05) is 13.2 Å². The fourth-order valence-electron chi connectivity index (χ4n) is 3.08. The average Bonchev–Trinajstić information content (AvgIpc) is 3.02. The van der Waals surface area contributed by atoms with Gasteiger partial charge in [0.15, 0.2) is 11.5 Å². The zero-order chi connectivity index (χ0) is 25.7. The number of carbonyl (C=O) groups excluding carboxylic acids is 3. The molecule has 0 atom stereocenters. The zero-order valence-electron chi connectivity index (χ0n) is 19.1. The van der Waals surface area contributed by atoms with Crippen LogP contribution < -0.4 is 9.47 Å². The smallest absolute Gasteiger partial charge is 0.326 e. The van der Waals surface area contributed by atoms with Crippen LogP contribution in [0, 0.1) is 0 Å². The Labute approximate surface area is 222 Å². The van der Waals surface area contributed by atoms with Gasteiger partial charge in [0.25, 0.3) is 11.1 Å². The number of benzene rings is 2. The molecule has 0 radical (unpaired) electrons. The molecule has 0 aromatic heterocycles. The number of esters is 1. The highest BCUT2D eigenvalue weighted by atomic mass is 35.5. The second-order valence-corrected chi connectivity index (χ2v) is 9.82. The summed E-state index contributed by atoms with van der Waals surface area (Å²) < 4.78 is 16.6. The summed E-state index contributed by atoms with van der Waals surface area (Å²) in [6.07, 6.45) is 1.16. The van der Waals surface area contributed by atoms with Crippen LogP contribution in [0.2, 0.25) is 15.1 Å². The molecule has 2 aromatic carbocycles. The summed E-state index contributed by atoms with van der Waals surface area (Å²) in [4.78, 5) is 37.9. The van der Waals surface area contributed by atoms with E-state index in [2.05, 4.69) is 0 Å². The fraction of sp³-hybridized carbons (Fsp3) is 0.292. The van der Waals surface area contributed by atoms with Crippen molar-refractivity contribution in [3.8, 4) is 11.5 Å². The molecule has 1 heterocycles. The Hall–Kier alpha value is -2.39. The van der Waals surface area contributed by atoms with Gasteiger partial charge in [-0.25, -0.2) is 0 Å². The van der Waals surface area contributed by atoms with E-state index in [1.165, 1.54) is 6.08 Å². The summed E-state index contributed by atoms with van der Waals surface area (Å²) in [5.41, 5.74) is 1.31. The van der Waals surface area contributed by atoms with E-state index in [-0.39, 0.29) is 22.6 Å². The summed E-state index contributed by atoms with van der Waals surface area (Å²) in [5, 5.41) is 0.543. The number of rotatable bonds is 9. The predicted molar refractivity (Wildman–Crippen MR) is 137 cm³/mol. The first-order valence-electron chi connectivity index (χ1n) is 10.6. The largest absolute Gasteiger partial charge is 0.490 e. The minimum absolute atomic E-state index is 0.148. The molecule has 2 aromatic rings. The number of halogens is 3. The van der Waals surface area contributed by atoms with Crippen molar-refractivity contribution in [1.82, 2.24) is 4.90 Å². The van der Waals surface area contributed by atoms with E-state index in [1.807, 2.05) is 6.92 Å². The molecule has 2 amide bonds. The van der Waals surface area contributed by atoms with E-state index in [9.17, 15) is 14.4 Å². The van der Waals surface area contributed by atoms with Crippen LogP contribution in [0.4, 0.5) is 4.79 Å². The van der Waals surface area contributed by atoms with Gasteiger partial charge >= 0.3 is 5.97 Å². The number of hydrogen-bond acceptors (Lipinski definition) is 7. The van der Waals surface area contributed by atoms with Gasteiger partial charge < -0.3 is 14.2 Å². The third kappa shape index (κ3) is 7.07. The first kappa shape index (κ1) is 27.2. The van der Waals surface area contributed by atoms with Crippen molar-refractivity contribution in [1.29, 1.82) is 0 Å². The number of thioether (sulfide) groups is 1. The zero-order valence-corrected chi connectivity index (χ0v) is 22.2. The molecule has 0 saturated carbocycles. The number of imide groups is 1. The quantitative estimate of drug-likeness (QED) is 0.253. The third-order valence-electron chi connectivity index (χ3n) is 4.52. The Morgan fingerprint density at radius 3 is 2.46 bits per heavy atom. The van der Waals surface area contributed by atoms with E-state index < -0.39 is 23.7 Å². The van der Waals surface area contributed by atoms with Gasteiger partial charge in [0.2, 0.25) is 0 Å². The Morgan fingerprint density at radius 1 is 1.06 bits per heavy atom. The highest BCUT2D eigenvalue weighted by Gasteiger charge is 2.37. The van der Waals surface area contributed by atoms with Crippen LogP contribution in [-0.4, -0.2) is 41.3 Å². The van der Waals surface area contributed by atoms with Crippen LogP contribution in [0.25, 0.3) is 6.08 Å². The monoisotopic (exact) mass is 557 g/mol. The lowest BCUT2D eigenvalue weighted by Crippen LogP contribution is -2.35. The summed E-state index contributed by atoms with van der Waals surface area (Å²) in [7, 11) is 0. The SMILES string of the molecule is CCOc1cc(/C=C2/SC(=O)N(CC(=O)OC(C)C)C2=O)cc(Cl)c1OCc1ccc(Cl)c(Cl)c1. The van der Waals surface area contributed by atoms with Crippen LogP contribution in [-0.2, 0) is 20.9 Å². The maximum Gasteiger partial charge on any atom is 0.326 e. The van der Waals surface area contributed by atoms with Crippen molar-refractivity contribution in [3.05, 3.63) is 61.4 Å². The molecule has 35 heavy (non-hydrogen) atoms. The molecule has 1 aliphatic heterocycles. The lowest BCUT2D eigenvalue weighted by atomic mass is 10.1. The van der Waals surface area contributed by atoms with Gasteiger partial charge in [-0.3, -0.25) is 19.3 Å². The molecule has 0 N–H and O–H groups in total. The fourth-order valence-corrected chi connectivity index (χ4v) is 4.51. The summed E-state index contributed by atoms with van der Waals surface area (Å²) in [6, 6.07) is 8.39. The Balaban J connectivity index is 1.81. The topological polar surface area (TPSA) is 82.1 Å². The molecule has 7 nitrogen and oxygen atoms in total. The van der Waals surface area contributed by atoms with Crippen LogP contribution in [0.3, 0.4) is 0 Å². The highest BCUT2D eigenvalue weighted by Crippen LogP contribution is 2.39. The van der Waals surface area contributed by atoms with Gasteiger partial charge in [-0.05, 0) is 74.0 Å². The minimum Gasteiger partial charge on any atom is -0.490 e. The Kier molecular flexibility index (Phi) is 9.35. The number of hydrogen-bond donors (Lipinski definition) is 0. The van der Waals surface area contributed by atoms with Gasteiger partial charge in [0.05, 0.1) is 32.7 Å². The highest BCUT2D eigenvalue weighted by molar-refractivity contribution is 8.18. The van der Waals surface area contributed by atoms with Gasteiger partial charge in [0, 0.05) is 0 Å². The van der Waals surface area contributed by atoms with E-state index in [4.69, 9.17) is 49.0 Å². The molecule has 1 saturated heterocycles. The van der Waals surface area contributed by atoms with Crippen molar-refractivity contribution in [3.63, 3.8) is 0 Å². The Morgan fingerprint density at radius 2 is 1.80 bits per heavy atom. The lowest BCUT2D eigenvalue weighted by Gasteiger charge is -2.15. The molecule has 1 aliphatic rings. The predicted octanol–water partition coefficient (Wildman–Crippen LogP) is 6.61. The van der Waals surface area contributed by atoms with Crippen LogP contribution in [0.5, 0.6) is 11.5 Å². The summed E-state index contributed by atoms with van der Waals surface area (Å²) >= 11 is 19.2. The van der Waals surface area contributed by atoms with E-state index in [1.54, 1.807) is 44.2 Å². The molecule has 0 unspecified atom stereocenters. The minimum atomic E-state index is -0.659. The maximum atomic E-state index is 12.7. The molecule has 0 spiro atoms. The second kappa shape index (κ2) is 12.0. The average molecular weight is 559 g/mol. The number of amides is 2. The van der Waals surface area contributed by atoms with Gasteiger partial charge in [-0.15, -0.1) is 0 Å². The molecule has 3 rings (SSSR count). The molecule has 1 fully saturated rings. The van der Waals surface area contributed by atoms with Crippen LogP contribution in [0.1, 0.15) is 31.9 Å². The molecule has 0 aliphatic carbocycles. The molecule has 11 heteroatoms. The number of carbonyl (C=O) groups is 3. The van der Waals surface area contributed by atoms with Crippen LogP contribution >= 0.6 is 46.6 Å². The van der Waals surface area contributed by atoms with Crippen molar-refractivity contribution in [2.45, 2.75) is 33.5 Å². The lowest BCUT2D eigenvalue weighted by molar-refractivity contribution is -0.149. The summed E-state index contributed by atoms with van der Waals surface area (Å²) in [5.74, 6) is -0.559. The first-order chi connectivity index (χ1) is 16.6. The van der Waals surface area contributed by atoms with Gasteiger partial charge in [-0.2, -0.15) is 0 Å². The van der Waals surface area contributed by atoms with Crippen LogP contribution in [0.15, 0.2) is 35.2 Å². The number of ether oxygens (including phenoxy) is 3. The van der Waals surface area contributed by atoms with Gasteiger partial charge in [-0.1, -0.05) is 40.9 Å². The van der Waals surface area contributed by atoms with Crippen molar-refractivity contribution < 1.29 is 28.6 Å². The standard InChI is InChI=1S/C24H22Cl3NO6S/c1-4-32-19-9-15(8-18(27)22(19)33-12-14-5-6-16(25)17(26)7-14)10-20-23(30)28(24(31)35-20)11-21(29)34-13(2)3/h5-10,13H,4,11-12H2,1-3H3/b20-10+.